The topological polar surface area (TPSA) is 73.8 Å². The average Bonchev–Trinajstić information content (AvgIpc) is 3.27. The van der Waals surface area contributed by atoms with Gasteiger partial charge in [0, 0.05) is 31.3 Å². The maximum atomic E-state index is 13.1. The molecule has 1 aromatic rings. The van der Waals surface area contributed by atoms with Crippen LogP contribution in [0.25, 0.3) is 0 Å². The van der Waals surface area contributed by atoms with Gasteiger partial charge in [0.1, 0.15) is 11.8 Å². The highest BCUT2D eigenvalue weighted by atomic mass is 16.5. The summed E-state index contributed by atoms with van der Waals surface area (Å²) in [6, 6.07) is 7.26. The van der Waals surface area contributed by atoms with Gasteiger partial charge in [0.25, 0.3) is 0 Å². The van der Waals surface area contributed by atoms with Crippen LogP contribution in [-0.4, -0.2) is 47.3 Å². The van der Waals surface area contributed by atoms with Gasteiger partial charge in [-0.1, -0.05) is 32.0 Å². The fourth-order valence-corrected chi connectivity index (χ4v) is 3.52. The number of hydrogen-bond acceptors (Lipinski definition) is 5. The number of aromatic hydroxyl groups is 1. The van der Waals surface area contributed by atoms with Crippen molar-refractivity contribution in [3.63, 3.8) is 0 Å². The van der Waals surface area contributed by atoms with Crippen molar-refractivity contribution in [3.8, 4) is 5.75 Å². The van der Waals surface area contributed by atoms with E-state index in [9.17, 15) is 9.90 Å². The first-order valence-electron chi connectivity index (χ1n) is 9.23. The summed E-state index contributed by atoms with van der Waals surface area (Å²) in [6.07, 6.45) is 2.89. The van der Waals surface area contributed by atoms with Crippen molar-refractivity contribution in [2.24, 2.45) is 5.92 Å². The van der Waals surface area contributed by atoms with Crippen LogP contribution in [0, 0.1) is 5.92 Å². The first-order chi connectivity index (χ1) is 12.0. The largest absolute Gasteiger partial charge is 0.508 e. The van der Waals surface area contributed by atoms with Crippen molar-refractivity contribution in [3.05, 3.63) is 29.8 Å². The SMILES string of the molecule is CC(C)C1CC(C(=O)N(Cc2ccccc2O)CC2CCCO2)NN1. The Balaban J connectivity index is 1.71. The molecule has 2 heterocycles. The Kier molecular flexibility index (Phi) is 5.93. The maximum absolute atomic E-state index is 13.1. The normalized spacial score (nSPS) is 26.3. The zero-order chi connectivity index (χ0) is 17.8. The summed E-state index contributed by atoms with van der Waals surface area (Å²) < 4.78 is 5.73. The molecule has 2 aliphatic rings. The molecule has 0 bridgehead atoms. The molecule has 2 saturated heterocycles. The van der Waals surface area contributed by atoms with Crippen LogP contribution in [0.3, 0.4) is 0 Å². The Morgan fingerprint density at radius 2 is 2.16 bits per heavy atom. The smallest absolute Gasteiger partial charge is 0.241 e. The Labute approximate surface area is 149 Å². The fourth-order valence-electron chi connectivity index (χ4n) is 3.52. The van der Waals surface area contributed by atoms with E-state index in [1.54, 1.807) is 12.1 Å². The number of phenols is 1. The molecule has 0 aromatic heterocycles. The van der Waals surface area contributed by atoms with Gasteiger partial charge in [-0.05, 0) is 31.2 Å². The van der Waals surface area contributed by atoms with E-state index >= 15 is 0 Å². The third-order valence-electron chi connectivity index (χ3n) is 5.15. The minimum atomic E-state index is -0.236. The third kappa shape index (κ3) is 4.51. The second-order valence-corrected chi connectivity index (χ2v) is 7.41. The third-order valence-corrected chi connectivity index (χ3v) is 5.15. The molecule has 3 unspecified atom stereocenters. The van der Waals surface area contributed by atoms with Crippen molar-refractivity contribution < 1.29 is 14.6 Å². The highest BCUT2D eigenvalue weighted by molar-refractivity contribution is 5.82. The number of carbonyl (C=O) groups excluding carboxylic acids is 1. The minimum Gasteiger partial charge on any atom is -0.508 e. The van der Waals surface area contributed by atoms with Crippen molar-refractivity contribution in [1.82, 2.24) is 15.8 Å². The van der Waals surface area contributed by atoms with Crippen LogP contribution in [0.15, 0.2) is 24.3 Å². The first-order valence-corrected chi connectivity index (χ1v) is 9.23. The highest BCUT2D eigenvalue weighted by Gasteiger charge is 2.34. The number of rotatable bonds is 6. The zero-order valence-electron chi connectivity index (χ0n) is 15.1. The second-order valence-electron chi connectivity index (χ2n) is 7.41. The molecule has 3 N–H and O–H groups in total. The van der Waals surface area contributed by atoms with Gasteiger partial charge in [0.05, 0.1) is 6.10 Å². The zero-order valence-corrected chi connectivity index (χ0v) is 15.1. The molecular weight excluding hydrogens is 318 g/mol. The summed E-state index contributed by atoms with van der Waals surface area (Å²) >= 11 is 0. The van der Waals surface area contributed by atoms with Crippen LogP contribution in [0.5, 0.6) is 5.75 Å². The number of para-hydroxylation sites is 1. The number of phenolic OH excluding ortho intramolecular Hbond substituents is 1. The van der Waals surface area contributed by atoms with Gasteiger partial charge < -0.3 is 14.7 Å². The van der Waals surface area contributed by atoms with E-state index in [0.717, 1.165) is 31.4 Å². The van der Waals surface area contributed by atoms with Crippen LogP contribution >= 0.6 is 0 Å². The minimum absolute atomic E-state index is 0.0643. The Hall–Kier alpha value is -1.63. The predicted octanol–water partition coefficient (Wildman–Crippen LogP) is 1.79. The van der Waals surface area contributed by atoms with Gasteiger partial charge in [0.2, 0.25) is 5.91 Å². The number of amides is 1. The lowest BCUT2D eigenvalue weighted by atomic mass is 9.99. The summed E-state index contributed by atoms with van der Waals surface area (Å²) in [7, 11) is 0. The van der Waals surface area contributed by atoms with E-state index in [0.29, 0.717) is 25.0 Å². The van der Waals surface area contributed by atoms with Gasteiger partial charge in [-0.25, -0.2) is 5.43 Å². The lowest BCUT2D eigenvalue weighted by molar-refractivity contribution is -0.135. The summed E-state index contributed by atoms with van der Waals surface area (Å²) in [5.41, 5.74) is 7.15. The molecule has 138 valence electrons. The lowest BCUT2D eigenvalue weighted by Crippen LogP contribution is -2.47. The van der Waals surface area contributed by atoms with Crippen molar-refractivity contribution in [2.75, 3.05) is 13.2 Å². The number of nitrogens with one attached hydrogen (secondary N) is 2. The standard InChI is InChI=1S/C19H29N3O3/c1-13(2)16-10-17(21-20-16)19(24)22(12-15-7-5-9-25-15)11-14-6-3-4-8-18(14)23/h3-4,6,8,13,15-17,20-21,23H,5,7,9-12H2,1-2H3. The van der Waals surface area contributed by atoms with E-state index in [2.05, 4.69) is 24.7 Å². The van der Waals surface area contributed by atoms with Gasteiger partial charge >= 0.3 is 0 Å². The second kappa shape index (κ2) is 8.17. The highest BCUT2D eigenvalue weighted by Crippen LogP contribution is 2.22. The number of hydrazine groups is 1. The molecule has 2 aliphatic heterocycles. The van der Waals surface area contributed by atoms with Gasteiger partial charge in [-0.3, -0.25) is 10.2 Å². The first kappa shape index (κ1) is 18.2. The van der Waals surface area contributed by atoms with Crippen molar-refractivity contribution >= 4 is 5.91 Å². The van der Waals surface area contributed by atoms with Gasteiger partial charge in [-0.2, -0.15) is 0 Å². The molecule has 0 radical (unpaired) electrons. The number of ether oxygens (including phenoxy) is 1. The predicted molar refractivity (Wildman–Crippen MR) is 95.8 cm³/mol. The summed E-state index contributed by atoms with van der Waals surface area (Å²) in [4.78, 5) is 14.9. The molecule has 6 nitrogen and oxygen atoms in total. The van der Waals surface area contributed by atoms with Crippen LogP contribution in [0.1, 0.15) is 38.7 Å². The molecule has 1 amide bonds. The van der Waals surface area contributed by atoms with Gasteiger partial charge in [-0.15, -0.1) is 0 Å². The number of nitrogens with zero attached hydrogens (tertiary/aromatic N) is 1. The maximum Gasteiger partial charge on any atom is 0.241 e. The number of hydrogen-bond donors (Lipinski definition) is 3. The monoisotopic (exact) mass is 347 g/mol. The number of benzene rings is 1. The average molecular weight is 347 g/mol. The molecular formula is C19H29N3O3. The van der Waals surface area contributed by atoms with Crippen LogP contribution in [-0.2, 0) is 16.1 Å². The fraction of sp³-hybridized carbons (Fsp3) is 0.632. The number of carbonyl (C=O) groups is 1. The Bertz CT molecular complexity index is 587. The quantitative estimate of drug-likeness (QED) is 0.732. The summed E-state index contributed by atoms with van der Waals surface area (Å²) in [6.45, 7) is 6.03. The van der Waals surface area contributed by atoms with E-state index in [1.807, 2.05) is 17.0 Å². The molecule has 3 atom stereocenters. The van der Waals surface area contributed by atoms with Crippen molar-refractivity contribution in [1.29, 1.82) is 0 Å². The van der Waals surface area contributed by atoms with Crippen LogP contribution < -0.4 is 10.9 Å². The molecule has 0 saturated carbocycles. The Morgan fingerprint density at radius 3 is 2.80 bits per heavy atom. The molecule has 6 heteroatoms. The molecule has 3 rings (SSSR count). The van der Waals surface area contributed by atoms with E-state index in [4.69, 9.17) is 4.74 Å². The van der Waals surface area contributed by atoms with Crippen molar-refractivity contribution in [2.45, 2.75) is 57.8 Å². The molecule has 0 spiro atoms. The molecule has 2 fully saturated rings. The molecule has 25 heavy (non-hydrogen) atoms. The lowest BCUT2D eigenvalue weighted by Gasteiger charge is -2.28. The summed E-state index contributed by atoms with van der Waals surface area (Å²) in [5, 5.41) is 10.1. The van der Waals surface area contributed by atoms with E-state index < -0.39 is 0 Å². The summed E-state index contributed by atoms with van der Waals surface area (Å²) in [5.74, 6) is 0.759. The van der Waals surface area contributed by atoms with E-state index in [1.165, 1.54) is 0 Å². The van der Waals surface area contributed by atoms with Gasteiger partial charge in [0.15, 0.2) is 0 Å². The molecule has 0 aliphatic carbocycles. The Morgan fingerprint density at radius 1 is 1.36 bits per heavy atom. The van der Waals surface area contributed by atoms with Crippen LogP contribution in [0.2, 0.25) is 0 Å². The van der Waals surface area contributed by atoms with E-state index in [-0.39, 0.29) is 23.8 Å². The molecule has 1 aromatic carbocycles. The van der Waals surface area contributed by atoms with Crippen LogP contribution in [0.4, 0.5) is 0 Å².